The van der Waals surface area contributed by atoms with E-state index in [0.717, 1.165) is 0 Å². The minimum atomic E-state index is -0.863. The summed E-state index contributed by atoms with van der Waals surface area (Å²) in [7, 11) is 3.03. The number of benzene rings is 1. The molecule has 8 heteroatoms. The van der Waals surface area contributed by atoms with Crippen LogP contribution in [0.1, 0.15) is 12.8 Å². The first-order valence-electron chi connectivity index (χ1n) is 7.93. The first-order chi connectivity index (χ1) is 12.0. The molecule has 2 aliphatic rings. The van der Waals surface area contributed by atoms with Crippen LogP contribution in [0.5, 0.6) is 11.5 Å². The molecule has 0 aromatic heterocycles. The third kappa shape index (κ3) is 3.38. The van der Waals surface area contributed by atoms with Crippen molar-refractivity contribution < 1.29 is 33.3 Å². The predicted molar refractivity (Wildman–Crippen MR) is 85.5 cm³/mol. The predicted octanol–water partition coefficient (Wildman–Crippen LogP) is 0.915. The number of rotatable bonds is 5. The maximum atomic E-state index is 12.3. The lowest BCUT2D eigenvalue weighted by atomic mass is 10.1. The zero-order valence-corrected chi connectivity index (χ0v) is 14.0. The number of hydrogen-bond acceptors (Lipinski definition) is 7. The zero-order valence-electron chi connectivity index (χ0n) is 14.0. The molecule has 25 heavy (non-hydrogen) atoms. The second-order valence-corrected chi connectivity index (χ2v) is 5.83. The van der Waals surface area contributed by atoms with E-state index in [-0.39, 0.29) is 25.5 Å². The molecule has 134 valence electrons. The third-order valence-corrected chi connectivity index (χ3v) is 4.28. The minimum absolute atomic E-state index is 0.0367. The van der Waals surface area contributed by atoms with E-state index in [9.17, 15) is 14.4 Å². The van der Waals surface area contributed by atoms with Gasteiger partial charge in [-0.15, -0.1) is 0 Å². The van der Waals surface area contributed by atoms with E-state index in [4.69, 9.17) is 18.9 Å². The number of hydrogen-bond donors (Lipinski definition) is 0. The molecule has 8 nitrogen and oxygen atoms in total. The van der Waals surface area contributed by atoms with Gasteiger partial charge in [0, 0.05) is 31.1 Å². The van der Waals surface area contributed by atoms with Gasteiger partial charge < -0.3 is 23.8 Å². The second kappa shape index (κ2) is 7.00. The van der Waals surface area contributed by atoms with Gasteiger partial charge in [0.2, 0.25) is 12.0 Å². The number of esters is 2. The van der Waals surface area contributed by atoms with Crippen molar-refractivity contribution in [2.45, 2.75) is 18.9 Å². The third-order valence-electron chi connectivity index (χ3n) is 4.28. The fourth-order valence-corrected chi connectivity index (χ4v) is 2.93. The van der Waals surface area contributed by atoms with Gasteiger partial charge in [0.15, 0.2) is 11.5 Å². The van der Waals surface area contributed by atoms with Crippen LogP contribution >= 0.6 is 0 Å². The van der Waals surface area contributed by atoms with Crippen molar-refractivity contribution in [1.82, 2.24) is 0 Å². The Kier molecular flexibility index (Phi) is 4.78. The first-order valence-corrected chi connectivity index (χ1v) is 7.93. The Morgan fingerprint density at radius 3 is 2.60 bits per heavy atom. The van der Waals surface area contributed by atoms with Crippen LogP contribution in [0.25, 0.3) is 0 Å². The minimum Gasteiger partial charge on any atom is -0.493 e. The Morgan fingerprint density at radius 2 is 1.96 bits per heavy atom. The fraction of sp³-hybridized carbons (Fsp3) is 0.471. The molecule has 3 rings (SSSR count). The van der Waals surface area contributed by atoms with Gasteiger partial charge in [-0.2, -0.15) is 0 Å². The molecule has 1 amide bonds. The number of anilines is 1. The Balaban J connectivity index is 1.70. The van der Waals surface area contributed by atoms with Crippen molar-refractivity contribution in [2.24, 2.45) is 5.92 Å². The number of carbonyl (C=O) groups excluding carboxylic acids is 3. The van der Waals surface area contributed by atoms with Crippen LogP contribution < -0.4 is 14.4 Å². The Bertz CT molecular complexity index is 702. The quantitative estimate of drug-likeness (QED) is 0.730. The summed E-state index contributed by atoms with van der Waals surface area (Å²) >= 11 is 0. The van der Waals surface area contributed by atoms with Gasteiger partial charge in [-0.1, -0.05) is 0 Å². The molecular weight excluding hydrogens is 330 g/mol. The van der Waals surface area contributed by atoms with Crippen LogP contribution in [-0.4, -0.2) is 51.3 Å². The molecule has 0 radical (unpaired) electrons. The molecule has 1 aromatic rings. The van der Waals surface area contributed by atoms with E-state index in [1.54, 1.807) is 18.2 Å². The number of amides is 1. The van der Waals surface area contributed by atoms with Crippen LogP contribution in [0.15, 0.2) is 18.2 Å². The lowest BCUT2D eigenvalue weighted by molar-refractivity contribution is -0.162. The lowest BCUT2D eigenvalue weighted by Crippen LogP contribution is -2.29. The molecule has 0 saturated carbocycles. The summed E-state index contributed by atoms with van der Waals surface area (Å²) in [6, 6.07) is 5.10. The molecule has 1 aromatic carbocycles. The normalized spacial score (nSPS) is 22.7. The summed E-state index contributed by atoms with van der Waals surface area (Å²) in [5.74, 6) is -0.854. The maximum Gasteiger partial charge on any atom is 0.347 e. The molecule has 2 atom stereocenters. The summed E-state index contributed by atoms with van der Waals surface area (Å²) in [4.78, 5) is 37.4. The highest BCUT2D eigenvalue weighted by Crippen LogP contribution is 2.34. The van der Waals surface area contributed by atoms with Gasteiger partial charge in [0.05, 0.1) is 26.7 Å². The van der Waals surface area contributed by atoms with Crippen LogP contribution in [0.2, 0.25) is 0 Å². The van der Waals surface area contributed by atoms with E-state index in [2.05, 4.69) is 0 Å². The van der Waals surface area contributed by atoms with Gasteiger partial charge in [-0.05, 0) is 12.1 Å². The summed E-state index contributed by atoms with van der Waals surface area (Å²) in [5.41, 5.74) is 0.609. The van der Waals surface area contributed by atoms with Crippen molar-refractivity contribution in [3.63, 3.8) is 0 Å². The highest BCUT2D eigenvalue weighted by Gasteiger charge is 2.39. The molecule has 0 aliphatic carbocycles. The summed E-state index contributed by atoms with van der Waals surface area (Å²) in [5, 5.41) is 0. The molecular formula is C17H19NO7. The van der Waals surface area contributed by atoms with Gasteiger partial charge >= 0.3 is 11.9 Å². The molecule has 2 aliphatic heterocycles. The fourth-order valence-electron chi connectivity index (χ4n) is 2.93. The van der Waals surface area contributed by atoms with Crippen molar-refractivity contribution in [3.05, 3.63) is 18.2 Å². The van der Waals surface area contributed by atoms with Gasteiger partial charge in [0.1, 0.15) is 0 Å². The van der Waals surface area contributed by atoms with E-state index >= 15 is 0 Å². The molecule has 2 fully saturated rings. The molecule has 2 saturated heterocycles. The van der Waals surface area contributed by atoms with E-state index < -0.39 is 24.0 Å². The van der Waals surface area contributed by atoms with E-state index in [0.29, 0.717) is 23.6 Å². The Labute approximate surface area is 144 Å². The van der Waals surface area contributed by atoms with Crippen molar-refractivity contribution in [2.75, 3.05) is 32.3 Å². The topological polar surface area (TPSA) is 91.4 Å². The molecule has 2 heterocycles. The van der Waals surface area contributed by atoms with Crippen LogP contribution in [0.4, 0.5) is 5.69 Å². The van der Waals surface area contributed by atoms with Crippen LogP contribution in [0.3, 0.4) is 0 Å². The maximum absolute atomic E-state index is 12.3. The standard InChI is InChI=1S/C17H19NO7/c1-22-12-4-3-11(8-14(12)23-2)18-9-10(7-15(18)19)16(20)25-13-5-6-24-17(13)21/h3-4,8,10,13H,5-7,9H2,1-2H3/t10-,13-/m1/s1. The number of cyclic esters (lactones) is 1. The van der Waals surface area contributed by atoms with Gasteiger partial charge in [-0.3, -0.25) is 9.59 Å². The molecule has 0 spiro atoms. The van der Waals surface area contributed by atoms with Crippen LogP contribution in [-0.2, 0) is 23.9 Å². The number of nitrogens with zero attached hydrogens (tertiary/aromatic N) is 1. The van der Waals surface area contributed by atoms with Crippen molar-refractivity contribution >= 4 is 23.5 Å². The largest absolute Gasteiger partial charge is 0.493 e. The summed E-state index contributed by atoms with van der Waals surface area (Å²) in [6.45, 7) is 0.438. The number of carbonyl (C=O) groups is 3. The number of ether oxygens (including phenoxy) is 4. The first kappa shape index (κ1) is 17.1. The van der Waals surface area contributed by atoms with E-state index in [1.165, 1.54) is 19.1 Å². The smallest absolute Gasteiger partial charge is 0.347 e. The van der Waals surface area contributed by atoms with Crippen molar-refractivity contribution in [3.8, 4) is 11.5 Å². The number of methoxy groups -OCH3 is 2. The average Bonchev–Trinajstić information content (AvgIpc) is 3.20. The highest BCUT2D eigenvalue weighted by molar-refractivity contribution is 6.00. The highest BCUT2D eigenvalue weighted by atomic mass is 16.6. The Morgan fingerprint density at radius 1 is 1.20 bits per heavy atom. The molecule has 0 N–H and O–H groups in total. The molecule has 0 unspecified atom stereocenters. The Hall–Kier alpha value is -2.77. The van der Waals surface area contributed by atoms with Gasteiger partial charge in [0.25, 0.3) is 0 Å². The second-order valence-electron chi connectivity index (χ2n) is 5.83. The van der Waals surface area contributed by atoms with Crippen molar-refractivity contribution in [1.29, 1.82) is 0 Å². The van der Waals surface area contributed by atoms with Gasteiger partial charge in [-0.25, -0.2) is 4.79 Å². The lowest BCUT2D eigenvalue weighted by Gasteiger charge is -2.18. The summed E-state index contributed by atoms with van der Waals surface area (Å²) in [6.07, 6.45) is -0.475. The van der Waals surface area contributed by atoms with E-state index in [1.807, 2.05) is 0 Å². The summed E-state index contributed by atoms with van der Waals surface area (Å²) < 4.78 is 20.4. The average molecular weight is 349 g/mol. The monoisotopic (exact) mass is 349 g/mol. The van der Waals surface area contributed by atoms with Crippen LogP contribution in [0, 0.1) is 5.92 Å². The SMILES string of the molecule is COc1ccc(N2C[C@H](C(=O)O[C@@H]3CCOC3=O)CC2=O)cc1OC. The zero-order chi connectivity index (χ0) is 18.0. The molecule has 0 bridgehead atoms.